The number of nitrogens with zero attached hydrogens (tertiary/aromatic N) is 1. The van der Waals surface area contributed by atoms with Crippen LogP contribution in [-0.4, -0.2) is 76.3 Å². The molecule has 10 heteroatoms. The molecule has 1 fully saturated rings. The third kappa shape index (κ3) is 3.46. The number of likely N-dealkylation sites (tertiary alicyclic amines) is 1. The molecule has 4 N–H and O–H groups in total. The summed E-state index contributed by atoms with van der Waals surface area (Å²) in [5, 5.41) is 22.7. The van der Waals surface area contributed by atoms with E-state index in [1.165, 1.54) is 13.8 Å². The summed E-state index contributed by atoms with van der Waals surface area (Å²) in [4.78, 5) is 38.5. The summed E-state index contributed by atoms with van der Waals surface area (Å²) in [7, 11) is 1.99. The molecule has 2 aliphatic carbocycles. The van der Waals surface area contributed by atoms with Gasteiger partial charge in [0.2, 0.25) is 0 Å². The molecule has 6 atom stereocenters. The number of esters is 2. The Bertz CT molecular complexity index is 1160. The summed E-state index contributed by atoms with van der Waals surface area (Å²) in [6.07, 6.45) is 1.26. The van der Waals surface area contributed by atoms with Gasteiger partial charge in [-0.05, 0) is 64.4 Å². The van der Waals surface area contributed by atoms with Crippen LogP contribution >= 0.6 is 0 Å². The standard InChI is InChI=1S/C26H32N2O8/c1-13(29)4-6-16(27)24(32)34-14(2)23(31)35-18-8-9-26(33)19-12-15-5-7-17(30)21-20(15)25(26,22(18)36-21)10-11-28(19)3/h5,7-8,14,16,19,22,30,33H,4,6,9-12,27H2,1-3H3/t14-,16-,19+,22-,25-,26+/m0/s1. The van der Waals surface area contributed by atoms with Crippen LogP contribution < -0.4 is 10.5 Å². The molecule has 2 aliphatic heterocycles. The van der Waals surface area contributed by atoms with Gasteiger partial charge in [-0.1, -0.05) is 6.07 Å². The van der Waals surface area contributed by atoms with Crippen LogP contribution in [0.2, 0.25) is 0 Å². The van der Waals surface area contributed by atoms with E-state index in [1.54, 1.807) is 12.1 Å². The van der Waals surface area contributed by atoms with Gasteiger partial charge in [0.15, 0.2) is 23.7 Å². The number of hydrogen-bond donors (Lipinski definition) is 3. The molecular formula is C26H32N2O8. The van der Waals surface area contributed by atoms with Crippen molar-refractivity contribution >= 4 is 17.7 Å². The number of phenols is 1. The van der Waals surface area contributed by atoms with Crippen LogP contribution in [-0.2, 0) is 35.7 Å². The van der Waals surface area contributed by atoms with Crippen molar-refractivity contribution in [2.75, 3.05) is 13.6 Å². The number of rotatable bonds is 7. The molecule has 10 nitrogen and oxygen atoms in total. The van der Waals surface area contributed by atoms with Crippen molar-refractivity contribution in [3.05, 3.63) is 35.1 Å². The van der Waals surface area contributed by atoms with E-state index < -0.39 is 41.2 Å². The highest BCUT2D eigenvalue weighted by Gasteiger charge is 2.72. The lowest BCUT2D eigenvalue weighted by molar-refractivity contribution is -0.175. The van der Waals surface area contributed by atoms with Crippen molar-refractivity contribution in [2.45, 2.75) is 81.3 Å². The van der Waals surface area contributed by atoms with Gasteiger partial charge >= 0.3 is 11.9 Å². The lowest BCUT2D eigenvalue weighted by Gasteiger charge is -2.61. The second-order valence-corrected chi connectivity index (χ2v) is 10.4. The number of ether oxygens (including phenoxy) is 3. The number of aromatic hydroxyl groups is 1. The van der Waals surface area contributed by atoms with E-state index in [9.17, 15) is 24.6 Å². The Morgan fingerprint density at radius 2 is 2.06 bits per heavy atom. The number of phenolic OH excluding ortho intramolecular Hbond substituents is 1. The van der Waals surface area contributed by atoms with E-state index in [1.807, 2.05) is 13.1 Å². The van der Waals surface area contributed by atoms with Gasteiger partial charge in [0.05, 0.1) is 11.0 Å². The minimum Gasteiger partial charge on any atom is -0.504 e. The third-order valence-electron chi connectivity index (χ3n) is 8.31. The molecule has 1 spiro atoms. The van der Waals surface area contributed by atoms with Crippen LogP contribution in [0.1, 0.15) is 50.7 Å². The highest BCUT2D eigenvalue weighted by atomic mass is 16.6. The van der Waals surface area contributed by atoms with Crippen molar-refractivity contribution in [1.29, 1.82) is 0 Å². The van der Waals surface area contributed by atoms with Crippen LogP contribution in [0.4, 0.5) is 0 Å². The molecule has 5 rings (SSSR count). The molecule has 0 radical (unpaired) electrons. The number of Topliss-reactive ketones (excluding diaryl/α,β-unsaturated/α-hetero) is 1. The number of piperidine rings is 1. The predicted octanol–water partition coefficient (Wildman–Crippen LogP) is 0.841. The van der Waals surface area contributed by atoms with Crippen molar-refractivity contribution in [1.82, 2.24) is 4.90 Å². The largest absolute Gasteiger partial charge is 0.504 e. The molecule has 2 heterocycles. The van der Waals surface area contributed by atoms with E-state index in [4.69, 9.17) is 19.9 Å². The van der Waals surface area contributed by atoms with Crippen molar-refractivity contribution in [2.24, 2.45) is 5.73 Å². The van der Waals surface area contributed by atoms with Crippen molar-refractivity contribution < 1.29 is 38.8 Å². The third-order valence-corrected chi connectivity index (χ3v) is 8.31. The summed E-state index contributed by atoms with van der Waals surface area (Å²) in [6.45, 7) is 3.49. The SMILES string of the molecule is CC(=O)CC[C@H](N)C(=O)O[C@@H](C)C(=O)OC1=CC[C@@]2(O)[C@H]3Cc4ccc(O)c5c4[C@@]2(CCN3C)[C@H]1O5. The lowest BCUT2D eigenvalue weighted by atomic mass is 9.50. The number of carbonyl (C=O) groups is 3. The van der Waals surface area contributed by atoms with Gasteiger partial charge in [-0.3, -0.25) is 4.79 Å². The Morgan fingerprint density at radius 1 is 1.31 bits per heavy atom. The number of nitrogens with two attached hydrogens (primary N) is 1. The highest BCUT2D eigenvalue weighted by molar-refractivity contribution is 5.83. The van der Waals surface area contributed by atoms with E-state index in [0.717, 1.165) is 11.1 Å². The second-order valence-electron chi connectivity index (χ2n) is 10.4. The van der Waals surface area contributed by atoms with Crippen LogP contribution in [0.15, 0.2) is 24.0 Å². The first kappa shape index (κ1) is 24.7. The normalized spacial score (nSPS) is 31.4. The number of carbonyl (C=O) groups excluding carboxylic acids is 3. The number of hydrogen-bond acceptors (Lipinski definition) is 10. The first-order valence-electron chi connectivity index (χ1n) is 12.3. The van der Waals surface area contributed by atoms with E-state index in [-0.39, 0.29) is 42.6 Å². The maximum absolute atomic E-state index is 12.9. The van der Waals surface area contributed by atoms with Gasteiger partial charge in [0.1, 0.15) is 17.6 Å². The molecule has 1 aromatic carbocycles. The maximum Gasteiger partial charge on any atom is 0.352 e. The first-order chi connectivity index (χ1) is 17.0. The zero-order chi connectivity index (χ0) is 26.0. The summed E-state index contributed by atoms with van der Waals surface area (Å²) < 4.78 is 17.1. The van der Waals surface area contributed by atoms with E-state index >= 15 is 0 Å². The topological polar surface area (TPSA) is 149 Å². The van der Waals surface area contributed by atoms with E-state index in [2.05, 4.69) is 4.90 Å². The number of benzene rings is 1. The molecule has 0 amide bonds. The average Bonchev–Trinajstić information content (AvgIpc) is 3.19. The van der Waals surface area contributed by atoms with Gasteiger partial charge in [-0.15, -0.1) is 0 Å². The Hall–Kier alpha value is -2.95. The van der Waals surface area contributed by atoms with Crippen molar-refractivity contribution in [3.63, 3.8) is 0 Å². The Labute approximate surface area is 209 Å². The molecule has 4 aliphatic rings. The quantitative estimate of drug-likeness (QED) is 0.460. The monoisotopic (exact) mass is 500 g/mol. The molecule has 0 unspecified atom stereocenters. The minimum atomic E-state index is -1.25. The van der Waals surface area contributed by atoms with Gasteiger partial charge in [-0.25, -0.2) is 4.79 Å². The zero-order valence-corrected chi connectivity index (χ0v) is 20.7. The average molecular weight is 501 g/mol. The molecule has 1 aromatic rings. The smallest absolute Gasteiger partial charge is 0.352 e. The fourth-order valence-corrected chi connectivity index (χ4v) is 6.42. The Morgan fingerprint density at radius 3 is 2.78 bits per heavy atom. The second kappa shape index (κ2) is 8.57. The molecular weight excluding hydrogens is 468 g/mol. The first-order valence-corrected chi connectivity index (χ1v) is 12.3. The van der Waals surface area contributed by atoms with Crippen LogP contribution in [0.5, 0.6) is 11.5 Å². The van der Waals surface area contributed by atoms with Gasteiger partial charge in [0.25, 0.3) is 0 Å². The van der Waals surface area contributed by atoms with Gasteiger partial charge in [-0.2, -0.15) is 0 Å². The van der Waals surface area contributed by atoms with Crippen LogP contribution in [0.3, 0.4) is 0 Å². The predicted molar refractivity (Wildman–Crippen MR) is 126 cm³/mol. The van der Waals surface area contributed by atoms with Gasteiger partial charge < -0.3 is 39.9 Å². The highest BCUT2D eigenvalue weighted by Crippen LogP contribution is 2.65. The summed E-state index contributed by atoms with van der Waals surface area (Å²) >= 11 is 0. The Balaban J connectivity index is 1.39. The number of likely N-dealkylation sites (N-methyl/N-ethyl adjacent to an activating group) is 1. The lowest BCUT2D eigenvalue weighted by Crippen LogP contribution is -2.74. The summed E-state index contributed by atoms with van der Waals surface area (Å²) in [5.74, 6) is -1.18. The number of aliphatic hydroxyl groups is 1. The molecule has 36 heavy (non-hydrogen) atoms. The zero-order valence-electron chi connectivity index (χ0n) is 20.7. The van der Waals surface area contributed by atoms with Crippen LogP contribution in [0.25, 0.3) is 0 Å². The molecule has 0 aromatic heterocycles. The van der Waals surface area contributed by atoms with Gasteiger partial charge in [0, 0.05) is 24.4 Å². The molecule has 1 saturated heterocycles. The summed E-state index contributed by atoms with van der Waals surface area (Å²) in [5.41, 5.74) is 5.52. The number of ketones is 1. The minimum absolute atomic E-state index is 0.0234. The Kier molecular flexibility index (Phi) is 5.89. The summed E-state index contributed by atoms with van der Waals surface area (Å²) in [6, 6.07) is 2.27. The molecule has 2 bridgehead atoms. The maximum atomic E-state index is 12.9. The fourth-order valence-electron chi connectivity index (χ4n) is 6.42. The fraction of sp³-hybridized carbons (Fsp3) is 0.577. The van der Waals surface area contributed by atoms with E-state index in [0.29, 0.717) is 25.1 Å². The van der Waals surface area contributed by atoms with Crippen LogP contribution in [0, 0.1) is 0 Å². The van der Waals surface area contributed by atoms with Crippen molar-refractivity contribution in [3.8, 4) is 11.5 Å². The molecule has 0 saturated carbocycles. The molecule has 194 valence electrons.